The SMILES string of the molecule is O=C1C=C(CCCO)Cc2cc(CC3CC(CO)C(O)C(O)C3O)cc(O)c21. The van der Waals surface area contributed by atoms with E-state index in [-0.39, 0.29) is 30.3 Å². The van der Waals surface area contributed by atoms with Gasteiger partial charge in [-0.1, -0.05) is 11.6 Å². The van der Waals surface area contributed by atoms with Gasteiger partial charge in [0.15, 0.2) is 5.78 Å². The molecule has 1 fully saturated rings. The van der Waals surface area contributed by atoms with Gasteiger partial charge >= 0.3 is 0 Å². The number of hydrogen-bond donors (Lipinski definition) is 6. The number of ketones is 1. The molecule has 2 aliphatic rings. The lowest BCUT2D eigenvalue weighted by molar-refractivity contribution is -0.141. The van der Waals surface area contributed by atoms with Gasteiger partial charge in [0.25, 0.3) is 0 Å². The highest BCUT2D eigenvalue weighted by atomic mass is 16.4. The molecule has 0 bridgehead atoms. The topological polar surface area (TPSA) is 138 Å². The Morgan fingerprint density at radius 1 is 1.00 bits per heavy atom. The van der Waals surface area contributed by atoms with Crippen LogP contribution in [0.25, 0.3) is 0 Å². The Bertz CT molecular complexity index is 755. The molecule has 7 nitrogen and oxygen atoms in total. The molecule has 0 aliphatic heterocycles. The molecule has 5 atom stereocenters. The third-order valence-corrected chi connectivity index (χ3v) is 5.92. The van der Waals surface area contributed by atoms with Crippen LogP contribution in [0, 0.1) is 11.8 Å². The minimum Gasteiger partial charge on any atom is -0.507 e. The van der Waals surface area contributed by atoms with Gasteiger partial charge in [0.1, 0.15) is 11.9 Å². The number of allylic oxidation sites excluding steroid dienone is 2. The van der Waals surface area contributed by atoms with Crippen molar-refractivity contribution in [1.29, 1.82) is 0 Å². The van der Waals surface area contributed by atoms with Crippen LogP contribution in [0.4, 0.5) is 0 Å². The number of aliphatic hydroxyl groups is 5. The zero-order valence-corrected chi connectivity index (χ0v) is 15.7. The fourth-order valence-electron chi connectivity index (χ4n) is 4.43. The predicted octanol–water partition coefficient (Wildman–Crippen LogP) is 0.0835. The van der Waals surface area contributed by atoms with E-state index in [4.69, 9.17) is 5.11 Å². The number of benzene rings is 1. The summed E-state index contributed by atoms with van der Waals surface area (Å²) >= 11 is 0. The molecule has 0 aromatic heterocycles. The van der Waals surface area contributed by atoms with Crippen molar-refractivity contribution in [2.45, 2.75) is 50.4 Å². The lowest BCUT2D eigenvalue weighted by atomic mass is 9.73. The van der Waals surface area contributed by atoms with Gasteiger partial charge in [-0.25, -0.2) is 0 Å². The summed E-state index contributed by atoms with van der Waals surface area (Å²) < 4.78 is 0. The number of carbonyl (C=O) groups excluding carboxylic acids is 1. The average Bonchev–Trinajstić information content (AvgIpc) is 2.66. The van der Waals surface area contributed by atoms with E-state index < -0.39 is 30.1 Å². The fraction of sp³-hybridized carbons (Fsp3) is 0.571. The maximum Gasteiger partial charge on any atom is 0.189 e. The molecule has 154 valence electrons. The summed E-state index contributed by atoms with van der Waals surface area (Å²) in [5.74, 6) is -1.28. The van der Waals surface area contributed by atoms with Crippen LogP contribution >= 0.6 is 0 Å². The number of phenolic OH excluding ortho intramolecular Hbond substituents is 1. The number of aromatic hydroxyl groups is 1. The van der Waals surface area contributed by atoms with Gasteiger partial charge in [0.05, 0.1) is 17.8 Å². The normalized spacial score (nSPS) is 30.1. The number of carbonyl (C=O) groups is 1. The van der Waals surface area contributed by atoms with Crippen LogP contribution in [0.5, 0.6) is 5.75 Å². The molecule has 0 heterocycles. The Labute approximate surface area is 163 Å². The Kier molecular flexibility index (Phi) is 6.52. The minimum atomic E-state index is -1.34. The van der Waals surface area contributed by atoms with E-state index in [1.54, 1.807) is 0 Å². The summed E-state index contributed by atoms with van der Waals surface area (Å²) in [6.07, 6.45) is 0.232. The molecule has 0 spiro atoms. The first-order chi connectivity index (χ1) is 13.3. The van der Waals surface area contributed by atoms with Crippen molar-refractivity contribution in [2.75, 3.05) is 13.2 Å². The van der Waals surface area contributed by atoms with E-state index in [1.165, 1.54) is 12.1 Å². The first kappa shape index (κ1) is 21.0. The number of aliphatic hydroxyl groups excluding tert-OH is 5. The van der Waals surface area contributed by atoms with Crippen molar-refractivity contribution in [3.63, 3.8) is 0 Å². The van der Waals surface area contributed by atoms with Gasteiger partial charge in [0.2, 0.25) is 0 Å². The molecule has 5 unspecified atom stereocenters. The molecule has 0 saturated heterocycles. The highest BCUT2D eigenvalue weighted by Crippen LogP contribution is 2.36. The molecule has 1 aromatic rings. The van der Waals surface area contributed by atoms with Gasteiger partial charge in [-0.05, 0) is 61.3 Å². The molecule has 1 aromatic carbocycles. The highest BCUT2D eigenvalue weighted by Gasteiger charge is 2.42. The second-order valence-electron chi connectivity index (χ2n) is 7.93. The van der Waals surface area contributed by atoms with E-state index in [1.807, 2.05) is 6.07 Å². The number of rotatable bonds is 6. The molecule has 6 N–H and O–H groups in total. The van der Waals surface area contributed by atoms with Crippen LogP contribution in [0.1, 0.15) is 40.7 Å². The Balaban J connectivity index is 1.82. The van der Waals surface area contributed by atoms with E-state index in [9.17, 15) is 30.3 Å². The van der Waals surface area contributed by atoms with Gasteiger partial charge in [-0.2, -0.15) is 0 Å². The first-order valence-electron chi connectivity index (χ1n) is 9.70. The highest BCUT2D eigenvalue weighted by molar-refractivity contribution is 6.09. The molecule has 28 heavy (non-hydrogen) atoms. The van der Waals surface area contributed by atoms with Gasteiger partial charge in [-0.3, -0.25) is 4.79 Å². The molecule has 0 amide bonds. The minimum absolute atomic E-state index is 0.0451. The third-order valence-electron chi connectivity index (χ3n) is 5.92. The van der Waals surface area contributed by atoms with Crippen LogP contribution in [-0.2, 0) is 12.8 Å². The smallest absolute Gasteiger partial charge is 0.189 e. The summed E-state index contributed by atoms with van der Waals surface area (Å²) in [6.45, 7) is -0.242. The summed E-state index contributed by atoms with van der Waals surface area (Å²) in [7, 11) is 0. The Morgan fingerprint density at radius 3 is 2.39 bits per heavy atom. The van der Waals surface area contributed by atoms with Gasteiger partial charge in [-0.15, -0.1) is 0 Å². The molecule has 7 heteroatoms. The Hall–Kier alpha value is -1.77. The van der Waals surface area contributed by atoms with Gasteiger partial charge < -0.3 is 30.6 Å². The summed E-state index contributed by atoms with van der Waals surface area (Å²) in [4.78, 5) is 12.4. The van der Waals surface area contributed by atoms with Crippen LogP contribution in [0.15, 0.2) is 23.8 Å². The molecular formula is C21H28O7. The van der Waals surface area contributed by atoms with Crippen LogP contribution < -0.4 is 0 Å². The van der Waals surface area contributed by atoms with Crippen molar-refractivity contribution in [3.8, 4) is 5.75 Å². The molecular weight excluding hydrogens is 364 g/mol. The van der Waals surface area contributed by atoms with Crippen LogP contribution in [0.2, 0.25) is 0 Å². The van der Waals surface area contributed by atoms with Crippen molar-refractivity contribution < 1.29 is 35.4 Å². The lowest BCUT2D eigenvalue weighted by Crippen LogP contribution is -2.52. The standard InChI is InChI=1S/C21H28O7/c22-3-1-2-11-4-13-5-12(8-17(25)18(13)16(24)7-11)6-14-9-15(10-23)20(27)21(28)19(14)26/h5,7-8,14-15,19-23,25-28H,1-4,6,9-10H2. The van der Waals surface area contributed by atoms with Crippen molar-refractivity contribution in [3.05, 3.63) is 40.5 Å². The van der Waals surface area contributed by atoms with Gasteiger partial charge in [0, 0.05) is 19.1 Å². The van der Waals surface area contributed by atoms with Crippen molar-refractivity contribution in [2.24, 2.45) is 11.8 Å². The number of fused-ring (bicyclic) bond motifs is 1. The average molecular weight is 392 g/mol. The molecule has 2 aliphatic carbocycles. The zero-order chi connectivity index (χ0) is 20.4. The zero-order valence-electron chi connectivity index (χ0n) is 15.7. The second kappa shape index (κ2) is 8.71. The summed E-state index contributed by atoms with van der Waals surface area (Å²) in [5.41, 5.74) is 2.61. The van der Waals surface area contributed by atoms with Crippen LogP contribution in [-0.4, -0.2) is 67.9 Å². The third kappa shape index (κ3) is 4.14. The molecule has 0 radical (unpaired) electrons. The summed E-state index contributed by atoms with van der Waals surface area (Å²) in [5, 5.41) is 59.1. The molecule has 1 saturated carbocycles. The largest absolute Gasteiger partial charge is 0.507 e. The monoisotopic (exact) mass is 392 g/mol. The summed E-state index contributed by atoms with van der Waals surface area (Å²) in [6, 6.07) is 3.33. The second-order valence-corrected chi connectivity index (χ2v) is 7.93. The quantitative estimate of drug-likeness (QED) is 0.403. The number of phenols is 1. The van der Waals surface area contributed by atoms with E-state index in [0.717, 1.165) is 11.1 Å². The van der Waals surface area contributed by atoms with Crippen molar-refractivity contribution in [1.82, 2.24) is 0 Å². The van der Waals surface area contributed by atoms with E-state index in [2.05, 4.69) is 0 Å². The maximum atomic E-state index is 12.4. The predicted molar refractivity (Wildman–Crippen MR) is 101 cm³/mol. The fourth-order valence-corrected chi connectivity index (χ4v) is 4.43. The molecule has 3 rings (SSSR count). The number of hydrogen-bond acceptors (Lipinski definition) is 7. The maximum absolute atomic E-state index is 12.4. The van der Waals surface area contributed by atoms with Crippen molar-refractivity contribution >= 4 is 5.78 Å². The van der Waals surface area contributed by atoms with Crippen LogP contribution in [0.3, 0.4) is 0 Å². The lowest BCUT2D eigenvalue weighted by Gasteiger charge is -2.40. The first-order valence-corrected chi connectivity index (χ1v) is 9.70. The van der Waals surface area contributed by atoms with E-state index >= 15 is 0 Å². The Morgan fingerprint density at radius 2 is 1.71 bits per heavy atom. The van der Waals surface area contributed by atoms with E-state index in [0.29, 0.717) is 37.7 Å².